The van der Waals surface area contributed by atoms with Crippen LogP contribution in [0.15, 0.2) is 12.3 Å². The van der Waals surface area contributed by atoms with Crippen molar-refractivity contribution in [1.29, 1.82) is 0 Å². The summed E-state index contributed by atoms with van der Waals surface area (Å²) < 4.78 is 0. The summed E-state index contributed by atoms with van der Waals surface area (Å²) in [4.78, 5) is 14.7. The van der Waals surface area contributed by atoms with Crippen molar-refractivity contribution in [3.05, 3.63) is 33.6 Å². The lowest BCUT2D eigenvalue weighted by atomic mass is 9.89. The van der Waals surface area contributed by atoms with Crippen molar-refractivity contribution >= 4 is 21.6 Å². The zero-order valence-electron chi connectivity index (χ0n) is 10.5. The Balaban J connectivity index is 2.90. The molecule has 0 aliphatic carbocycles. The SMILES string of the molecule is Cc1cc([N+](=O)[O-])cnc1CC(Br)C(C)(C)C. The van der Waals surface area contributed by atoms with Gasteiger partial charge in [0.1, 0.15) is 6.20 Å². The van der Waals surface area contributed by atoms with Gasteiger partial charge >= 0.3 is 0 Å². The fraction of sp³-hybridized carbons (Fsp3) is 0.583. The van der Waals surface area contributed by atoms with Crippen molar-refractivity contribution in [3.8, 4) is 0 Å². The molecule has 1 unspecified atom stereocenters. The van der Waals surface area contributed by atoms with E-state index in [1.165, 1.54) is 6.20 Å². The van der Waals surface area contributed by atoms with Gasteiger partial charge in [0.25, 0.3) is 5.69 Å². The van der Waals surface area contributed by atoms with E-state index in [2.05, 4.69) is 41.7 Å². The van der Waals surface area contributed by atoms with Crippen molar-refractivity contribution < 1.29 is 4.92 Å². The highest BCUT2D eigenvalue weighted by Crippen LogP contribution is 2.29. The Morgan fingerprint density at radius 2 is 2.12 bits per heavy atom. The summed E-state index contributed by atoms with van der Waals surface area (Å²) in [5, 5.41) is 10.6. The zero-order chi connectivity index (χ0) is 13.2. The van der Waals surface area contributed by atoms with Gasteiger partial charge in [-0.15, -0.1) is 0 Å². The molecule has 17 heavy (non-hydrogen) atoms. The molecule has 1 aromatic heterocycles. The lowest BCUT2D eigenvalue weighted by molar-refractivity contribution is -0.385. The molecule has 0 aliphatic rings. The molecule has 94 valence electrons. The van der Waals surface area contributed by atoms with Gasteiger partial charge in [-0.2, -0.15) is 0 Å². The van der Waals surface area contributed by atoms with Crippen LogP contribution in [-0.2, 0) is 6.42 Å². The van der Waals surface area contributed by atoms with Gasteiger partial charge in [0.2, 0.25) is 0 Å². The summed E-state index contributed by atoms with van der Waals surface area (Å²) in [6.07, 6.45) is 2.10. The molecule has 0 aromatic carbocycles. The predicted octanol–water partition coefficient (Wildman–Crippen LogP) is 3.65. The Hall–Kier alpha value is -0.970. The minimum atomic E-state index is -0.418. The van der Waals surface area contributed by atoms with Crippen LogP contribution in [0.2, 0.25) is 0 Å². The molecule has 0 amide bonds. The van der Waals surface area contributed by atoms with E-state index in [4.69, 9.17) is 0 Å². The molecule has 1 aromatic rings. The fourth-order valence-corrected chi connectivity index (χ4v) is 1.68. The maximum Gasteiger partial charge on any atom is 0.287 e. The van der Waals surface area contributed by atoms with Crippen LogP contribution in [-0.4, -0.2) is 14.7 Å². The summed E-state index contributed by atoms with van der Waals surface area (Å²) in [5.41, 5.74) is 1.96. The maximum absolute atomic E-state index is 10.6. The van der Waals surface area contributed by atoms with E-state index < -0.39 is 4.92 Å². The summed E-state index contributed by atoms with van der Waals surface area (Å²) >= 11 is 3.64. The third-order valence-corrected chi connectivity index (χ3v) is 4.39. The second kappa shape index (κ2) is 5.12. The largest absolute Gasteiger partial charge is 0.287 e. The zero-order valence-corrected chi connectivity index (χ0v) is 12.1. The average molecular weight is 301 g/mol. The average Bonchev–Trinajstić information content (AvgIpc) is 2.19. The molecule has 0 bridgehead atoms. The molecule has 4 nitrogen and oxygen atoms in total. The highest BCUT2D eigenvalue weighted by atomic mass is 79.9. The molecule has 0 radical (unpaired) electrons. The smallest absolute Gasteiger partial charge is 0.258 e. The van der Waals surface area contributed by atoms with Gasteiger partial charge < -0.3 is 0 Å². The molecule has 0 saturated heterocycles. The monoisotopic (exact) mass is 300 g/mol. The molecule has 0 saturated carbocycles. The van der Waals surface area contributed by atoms with Crippen molar-refractivity contribution in [1.82, 2.24) is 4.98 Å². The Kier molecular flexibility index (Phi) is 4.25. The van der Waals surface area contributed by atoms with E-state index in [1.54, 1.807) is 6.07 Å². The first kappa shape index (κ1) is 14.1. The Bertz CT molecular complexity index is 427. The summed E-state index contributed by atoms with van der Waals surface area (Å²) in [6, 6.07) is 1.57. The van der Waals surface area contributed by atoms with Crippen LogP contribution in [0.25, 0.3) is 0 Å². The number of aryl methyl sites for hydroxylation is 1. The van der Waals surface area contributed by atoms with Crippen LogP contribution in [0.3, 0.4) is 0 Å². The van der Waals surface area contributed by atoms with E-state index in [0.29, 0.717) is 4.83 Å². The number of aromatic nitrogens is 1. The first-order valence-corrected chi connectivity index (χ1v) is 6.37. The summed E-state index contributed by atoms with van der Waals surface area (Å²) in [7, 11) is 0. The number of hydrogen-bond donors (Lipinski definition) is 0. The molecule has 0 fully saturated rings. The van der Waals surface area contributed by atoms with E-state index in [-0.39, 0.29) is 11.1 Å². The van der Waals surface area contributed by atoms with Crippen LogP contribution >= 0.6 is 15.9 Å². The molecule has 5 heteroatoms. The van der Waals surface area contributed by atoms with E-state index >= 15 is 0 Å². The van der Waals surface area contributed by atoms with Crippen molar-refractivity contribution in [2.24, 2.45) is 5.41 Å². The summed E-state index contributed by atoms with van der Waals surface area (Å²) in [6.45, 7) is 8.30. The van der Waals surface area contributed by atoms with E-state index in [1.807, 2.05) is 6.92 Å². The third kappa shape index (κ3) is 3.77. The molecule has 1 rings (SSSR count). The van der Waals surface area contributed by atoms with Gasteiger partial charge in [-0.3, -0.25) is 15.1 Å². The van der Waals surface area contributed by atoms with E-state index in [0.717, 1.165) is 17.7 Å². The number of rotatable bonds is 3. The first-order valence-electron chi connectivity index (χ1n) is 5.46. The molecule has 1 atom stereocenters. The van der Waals surface area contributed by atoms with Gasteiger partial charge in [0.05, 0.1) is 4.92 Å². The second-order valence-electron chi connectivity index (χ2n) is 5.25. The number of nitrogens with zero attached hydrogens (tertiary/aromatic N) is 2. The Morgan fingerprint density at radius 1 is 1.53 bits per heavy atom. The quantitative estimate of drug-likeness (QED) is 0.486. The normalized spacial score (nSPS) is 13.5. The van der Waals surface area contributed by atoms with Crippen molar-refractivity contribution in [3.63, 3.8) is 0 Å². The van der Waals surface area contributed by atoms with Crippen LogP contribution < -0.4 is 0 Å². The lowest BCUT2D eigenvalue weighted by Crippen LogP contribution is -2.23. The Morgan fingerprint density at radius 3 is 2.53 bits per heavy atom. The minimum Gasteiger partial charge on any atom is -0.258 e. The predicted molar refractivity (Wildman–Crippen MR) is 71.5 cm³/mol. The highest BCUT2D eigenvalue weighted by molar-refractivity contribution is 9.09. The number of pyridine rings is 1. The van der Waals surface area contributed by atoms with Gasteiger partial charge in [-0.05, 0) is 17.9 Å². The fourth-order valence-electron chi connectivity index (χ4n) is 1.38. The maximum atomic E-state index is 10.6. The van der Waals surface area contributed by atoms with Gasteiger partial charge in [-0.1, -0.05) is 36.7 Å². The first-order chi connectivity index (χ1) is 7.71. The van der Waals surface area contributed by atoms with Crippen LogP contribution in [0.5, 0.6) is 0 Å². The molecular weight excluding hydrogens is 284 g/mol. The number of halogens is 1. The highest BCUT2D eigenvalue weighted by Gasteiger charge is 2.23. The topological polar surface area (TPSA) is 56.0 Å². The number of alkyl halides is 1. The second-order valence-corrected chi connectivity index (χ2v) is 6.36. The van der Waals surface area contributed by atoms with Crippen molar-refractivity contribution in [2.45, 2.75) is 38.9 Å². The molecule has 0 aliphatic heterocycles. The van der Waals surface area contributed by atoms with Crippen LogP contribution in [0, 0.1) is 22.5 Å². The molecule has 0 spiro atoms. The van der Waals surface area contributed by atoms with Crippen LogP contribution in [0.1, 0.15) is 32.0 Å². The molecule has 1 heterocycles. The van der Waals surface area contributed by atoms with Crippen LogP contribution in [0.4, 0.5) is 5.69 Å². The van der Waals surface area contributed by atoms with Gasteiger partial charge in [0.15, 0.2) is 0 Å². The van der Waals surface area contributed by atoms with E-state index in [9.17, 15) is 10.1 Å². The minimum absolute atomic E-state index is 0.0492. The lowest BCUT2D eigenvalue weighted by Gasteiger charge is -2.25. The number of nitro groups is 1. The standard InChI is InChI=1S/C12H17BrN2O2/c1-8-5-9(15(16)17)7-14-10(8)6-11(13)12(2,3)4/h5,7,11H,6H2,1-4H3. The molecule has 0 N–H and O–H groups in total. The summed E-state index contributed by atoms with van der Waals surface area (Å²) in [5.74, 6) is 0. The number of hydrogen-bond acceptors (Lipinski definition) is 3. The molecular formula is C12H17BrN2O2. The van der Waals surface area contributed by atoms with Gasteiger partial charge in [0, 0.05) is 23.0 Å². The van der Waals surface area contributed by atoms with Crippen molar-refractivity contribution in [2.75, 3.05) is 0 Å². The van der Waals surface area contributed by atoms with Gasteiger partial charge in [-0.25, -0.2) is 0 Å². The Labute approximate surface area is 110 Å². The third-order valence-electron chi connectivity index (χ3n) is 2.70.